The number of hydrogen-bond donors (Lipinski definition) is 0. The van der Waals surface area contributed by atoms with Crippen molar-refractivity contribution in [3.8, 4) is 0 Å². The molecule has 1 aliphatic heterocycles. The molecule has 0 radical (unpaired) electrons. The number of nitrogens with zero attached hydrogens (tertiary/aromatic N) is 4. The van der Waals surface area contributed by atoms with Gasteiger partial charge in [-0.2, -0.15) is 4.98 Å². The molecule has 4 nitrogen and oxygen atoms in total. The summed E-state index contributed by atoms with van der Waals surface area (Å²) in [4.78, 5) is 14.3. The topological polar surface area (TPSA) is 41.9 Å². The molecule has 1 saturated heterocycles. The largest absolute Gasteiger partial charge is 0.356 e. The van der Waals surface area contributed by atoms with Crippen molar-refractivity contribution in [3.05, 3.63) is 21.9 Å². The van der Waals surface area contributed by atoms with E-state index in [4.69, 9.17) is 23.2 Å². The second kappa shape index (κ2) is 4.72. The molecule has 0 N–H and O–H groups in total. The van der Waals surface area contributed by atoms with Crippen molar-refractivity contribution in [2.45, 2.75) is 19.8 Å². The Morgan fingerprint density at radius 1 is 1.11 bits per heavy atom. The Morgan fingerprint density at radius 3 is 2.47 bits per heavy atom. The highest BCUT2D eigenvalue weighted by molar-refractivity contribution is 6.31. The molecule has 0 spiro atoms. The minimum atomic E-state index is -0.646. The van der Waals surface area contributed by atoms with Gasteiger partial charge in [0.25, 0.3) is 0 Å². The van der Waals surface area contributed by atoms with Crippen LogP contribution < -0.4 is 4.90 Å². The van der Waals surface area contributed by atoms with E-state index in [0.29, 0.717) is 16.9 Å². The van der Waals surface area contributed by atoms with Crippen LogP contribution >= 0.6 is 23.2 Å². The number of aryl methyl sites for hydroxylation is 1. The molecule has 0 aliphatic carbocycles. The highest BCUT2D eigenvalue weighted by atomic mass is 35.5. The number of hydrogen-bond acceptors (Lipinski definition) is 4. The molecule has 3 rings (SSSR count). The number of rotatable bonds is 1. The van der Waals surface area contributed by atoms with E-state index < -0.39 is 5.82 Å². The summed E-state index contributed by atoms with van der Waals surface area (Å²) in [6, 6.07) is 0. The number of pyridine rings is 1. The van der Waals surface area contributed by atoms with E-state index in [1.165, 1.54) is 0 Å². The molecule has 2 aromatic heterocycles. The van der Waals surface area contributed by atoms with Gasteiger partial charge in [-0.05, 0) is 31.4 Å². The predicted molar refractivity (Wildman–Crippen MR) is 73.5 cm³/mol. The third-order valence-corrected chi connectivity index (χ3v) is 3.70. The summed E-state index contributed by atoms with van der Waals surface area (Å²) < 4.78 is 14.1. The second-order valence-corrected chi connectivity index (χ2v) is 5.23. The van der Waals surface area contributed by atoms with E-state index in [-0.39, 0.29) is 16.0 Å². The van der Waals surface area contributed by atoms with Crippen LogP contribution in [0.5, 0.6) is 0 Å². The van der Waals surface area contributed by atoms with Crippen molar-refractivity contribution in [1.29, 1.82) is 0 Å². The van der Waals surface area contributed by atoms with E-state index in [2.05, 4.69) is 19.9 Å². The Bertz CT molecular complexity index is 656. The van der Waals surface area contributed by atoms with Gasteiger partial charge in [-0.1, -0.05) is 11.6 Å². The minimum Gasteiger partial charge on any atom is -0.356 e. The lowest BCUT2D eigenvalue weighted by Gasteiger charge is -2.19. The van der Waals surface area contributed by atoms with Crippen LogP contribution in [-0.2, 0) is 0 Å². The number of fused-ring (bicyclic) bond motifs is 1. The van der Waals surface area contributed by atoms with E-state index in [0.717, 1.165) is 25.9 Å². The van der Waals surface area contributed by atoms with Crippen LogP contribution in [0.3, 0.4) is 0 Å². The van der Waals surface area contributed by atoms with Gasteiger partial charge >= 0.3 is 0 Å². The van der Waals surface area contributed by atoms with Gasteiger partial charge in [0.2, 0.25) is 5.28 Å². The van der Waals surface area contributed by atoms with E-state index in [1.807, 2.05) is 0 Å². The summed E-state index contributed by atoms with van der Waals surface area (Å²) in [5.74, 6) is 0.0000743. The lowest BCUT2D eigenvalue weighted by atomic mass is 10.2. The lowest BCUT2D eigenvalue weighted by Crippen LogP contribution is -2.20. The highest BCUT2D eigenvalue weighted by Crippen LogP contribution is 2.32. The van der Waals surface area contributed by atoms with Crippen molar-refractivity contribution in [1.82, 2.24) is 15.0 Å². The minimum absolute atomic E-state index is 0.0231. The Hall–Kier alpha value is -1.20. The Kier molecular flexibility index (Phi) is 3.19. The Balaban J connectivity index is 2.35. The number of aromatic nitrogens is 3. The van der Waals surface area contributed by atoms with Gasteiger partial charge in [0.05, 0.1) is 11.1 Å². The molecule has 19 heavy (non-hydrogen) atoms. The van der Waals surface area contributed by atoms with Gasteiger partial charge in [-0.25, -0.2) is 14.4 Å². The zero-order valence-corrected chi connectivity index (χ0v) is 11.8. The van der Waals surface area contributed by atoms with Crippen molar-refractivity contribution in [2.75, 3.05) is 18.0 Å². The van der Waals surface area contributed by atoms with Crippen molar-refractivity contribution in [3.63, 3.8) is 0 Å². The van der Waals surface area contributed by atoms with Crippen LogP contribution in [-0.4, -0.2) is 28.0 Å². The van der Waals surface area contributed by atoms with Crippen LogP contribution in [0, 0.1) is 12.7 Å². The first-order chi connectivity index (χ1) is 9.08. The molecule has 0 atom stereocenters. The molecular weight excluding hydrogens is 290 g/mol. The molecule has 0 aromatic carbocycles. The predicted octanol–water partition coefficient (Wildman–Crippen LogP) is 3.38. The Morgan fingerprint density at radius 2 is 1.79 bits per heavy atom. The lowest BCUT2D eigenvalue weighted by molar-refractivity contribution is 0.630. The number of anilines is 1. The highest BCUT2D eigenvalue weighted by Gasteiger charge is 2.22. The monoisotopic (exact) mass is 300 g/mol. The van der Waals surface area contributed by atoms with Crippen LogP contribution in [0.1, 0.15) is 18.5 Å². The average Bonchev–Trinajstić information content (AvgIpc) is 2.88. The standard InChI is InChI=1S/C12H11Cl2FN4/c1-6-7-9(8(15)10(13)16-6)17-12(14)18-11(7)19-4-2-3-5-19/h2-5H2,1H3. The maximum atomic E-state index is 14.1. The summed E-state index contributed by atoms with van der Waals surface area (Å²) >= 11 is 11.7. The van der Waals surface area contributed by atoms with Gasteiger partial charge in [0.1, 0.15) is 11.3 Å². The summed E-state index contributed by atoms with van der Waals surface area (Å²) in [5, 5.41) is 0.426. The average molecular weight is 301 g/mol. The number of halogens is 3. The van der Waals surface area contributed by atoms with Crippen LogP contribution in [0.15, 0.2) is 0 Å². The second-order valence-electron chi connectivity index (χ2n) is 4.54. The van der Waals surface area contributed by atoms with Crippen molar-refractivity contribution >= 4 is 39.9 Å². The van der Waals surface area contributed by atoms with Crippen LogP contribution in [0.25, 0.3) is 10.9 Å². The van der Waals surface area contributed by atoms with Crippen molar-refractivity contribution < 1.29 is 4.39 Å². The maximum absolute atomic E-state index is 14.1. The molecule has 1 aliphatic rings. The van der Waals surface area contributed by atoms with Gasteiger partial charge in [0.15, 0.2) is 11.0 Å². The van der Waals surface area contributed by atoms with Crippen LogP contribution in [0.2, 0.25) is 10.4 Å². The van der Waals surface area contributed by atoms with E-state index in [1.54, 1.807) is 6.92 Å². The third-order valence-electron chi connectivity index (χ3n) is 3.28. The first kappa shape index (κ1) is 12.8. The summed E-state index contributed by atoms with van der Waals surface area (Å²) in [5.41, 5.74) is 0.749. The fourth-order valence-electron chi connectivity index (χ4n) is 2.42. The molecule has 3 heterocycles. The molecular formula is C12H11Cl2FN4. The SMILES string of the molecule is Cc1nc(Cl)c(F)c2nc(Cl)nc(N3CCCC3)c12. The molecule has 100 valence electrons. The van der Waals surface area contributed by atoms with Gasteiger partial charge in [-0.15, -0.1) is 0 Å². The smallest absolute Gasteiger partial charge is 0.225 e. The zero-order chi connectivity index (χ0) is 13.6. The fraction of sp³-hybridized carbons (Fsp3) is 0.417. The molecule has 0 bridgehead atoms. The molecule has 0 amide bonds. The molecule has 7 heteroatoms. The van der Waals surface area contributed by atoms with E-state index >= 15 is 0 Å². The van der Waals surface area contributed by atoms with Crippen molar-refractivity contribution in [2.24, 2.45) is 0 Å². The first-order valence-corrected chi connectivity index (χ1v) is 6.77. The van der Waals surface area contributed by atoms with Gasteiger partial charge < -0.3 is 4.90 Å². The third kappa shape index (κ3) is 2.11. The molecule has 0 saturated carbocycles. The summed E-state index contributed by atoms with van der Waals surface area (Å²) in [6.07, 6.45) is 2.18. The maximum Gasteiger partial charge on any atom is 0.225 e. The molecule has 0 unspecified atom stereocenters. The normalized spacial score (nSPS) is 15.5. The summed E-state index contributed by atoms with van der Waals surface area (Å²) in [6.45, 7) is 3.53. The van der Waals surface area contributed by atoms with E-state index in [9.17, 15) is 4.39 Å². The quantitative estimate of drug-likeness (QED) is 0.598. The molecule has 1 fully saturated rings. The first-order valence-electron chi connectivity index (χ1n) is 6.01. The van der Waals surface area contributed by atoms with Crippen LogP contribution in [0.4, 0.5) is 10.2 Å². The zero-order valence-electron chi connectivity index (χ0n) is 10.3. The fourth-order valence-corrected chi connectivity index (χ4v) is 2.80. The van der Waals surface area contributed by atoms with Gasteiger partial charge in [0, 0.05) is 13.1 Å². The summed E-state index contributed by atoms with van der Waals surface area (Å²) in [7, 11) is 0. The molecule has 2 aromatic rings. The Labute approximate surface area is 119 Å². The van der Waals surface area contributed by atoms with Gasteiger partial charge in [-0.3, -0.25) is 0 Å².